The van der Waals surface area contributed by atoms with Crippen molar-refractivity contribution in [3.05, 3.63) is 40.6 Å². The highest BCUT2D eigenvalue weighted by Gasteiger charge is 2.42. The maximum absolute atomic E-state index is 12.5. The number of ether oxygens (including phenoxy) is 3. The lowest BCUT2D eigenvalue weighted by Gasteiger charge is -2.28. The summed E-state index contributed by atoms with van der Waals surface area (Å²) in [7, 11) is 3.16. The van der Waals surface area contributed by atoms with Crippen LogP contribution < -0.4 is 20.5 Å². The van der Waals surface area contributed by atoms with Gasteiger partial charge < -0.3 is 25.3 Å². The van der Waals surface area contributed by atoms with Gasteiger partial charge in [0.2, 0.25) is 0 Å². The Morgan fingerprint density at radius 1 is 1.30 bits per heavy atom. The van der Waals surface area contributed by atoms with Crippen LogP contribution >= 0.6 is 11.8 Å². The number of carbonyl (C=O) groups excluding carboxylic acids is 1. The van der Waals surface area contributed by atoms with Crippen molar-refractivity contribution in [2.45, 2.75) is 11.1 Å². The maximum atomic E-state index is 12.5. The summed E-state index contributed by atoms with van der Waals surface area (Å²) in [5.41, 5.74) is 8.80. The SMILES string of the molecule is COc1ccc(OC)c([C@@H]2C3=C(COC3=O)Nc3nc(SC)nc(N)c32)c1. The highest BCUT2D eigenvalue weighted by Crippen LogP contribution is 2.48. The molecule has 3 heterocycles. The zero-order valence-corrected chi connectivity index (χ0v) is 15.8. The van der Waals surface area contributed by atoms with E-state index in [0.29, 0.717) is 45.1 Å². The lowest BCUT2D eigenvalue weighted by atomic mass is 9.82. The van der Waals surface area contributed by atoms with Crippen LogP contribution in [-0.2, 0) is 9.53 Å². The Morgan fingerprint density at radius 3 is 2.81 bits per heavy atom. The van der Waals surface area contributed by atoms with Crippen molar-refractivity contribution >= 4 is 29.4 Å². The number of nitrogen functional groups attached to an aromatic ring is 1. The molecule has 2 aliphatic heterocycles. The van der Waals surface area contributed by atoms with Gasteiger partial charge in [-0.05, 0) is 24.5 Å². The second kappa shape index (κ2) is 6.66. The van der Waals surface area contributed by atoms with E-state index in [4.69, 9.17) is 19.9 Å². The number of aromatic nitrogens is 2. The number of benzene rings is 1. The quantitative estimate of drug-likeness (QED) is 0.464. The minimum Gasteiger partial charge on any atom is -0.497 e. The summed E-state index contributed by atoms with van der Waals surface area (Å²) < 4.78 is 16.2. The molecule has 0 radical (unpaired) electrons. The van der Waals surface area contributed by atoms with E-state index in [9.17, 15) is 4.79 Å². The number of fused-ring (bicyclic) bond motifs is 1. The molecule has 0 saturated heterocycles. The van der Waals surface area contributed by atoms with Crippen LogP contribution in [0.25, 0.3) is 0 Å². The molecule has 0 amide bonds. The molecular formula is C18H18N4O4S. The summed E-state index contributed by atoms with van der Waals surface area (Å²) in [6, 6.07) is 5.42. The number of rotatable bonds is 4. The number of nitrogens with zero attached hydrogens (tertiary/aromatic N) is 2. The summed E-state index contributed by atoms with van der Waals surface area (Å²) in [5.74, 6) is 1.20. The molecule has 1 atom stereocenters. The number of esters is 1. The predicted octanol–water partition coefficient (Wildman–Crippen LogP) is 2.17. The normalized spacial score (nSPS) is 17.7. The molecule has 3 N–H and O–H groups in total. The minimum atomic E-state index is -0.521. The molecule has 4 rings (SSSR count). The van der Waals surface area contributed by atoms with Crippen molar-refractivity contribution in [2.24, 2.45) is 0 Å². The lowest BCUT2D eigenvalue weighted by Crippen LogP contribution is -2.23. The van der Waals surface area contributed by atoms with Crippen molar-refractivity contribution in [3.8, 4) is 11.5 Å². The fraction of sp³-hybridized carbons (Fsp3) is 0.278. The van der Waals surface area contributed by atoms with Gasteiger partial charge in [0, 0.05) is 11.1 Å². The summed E-state index contributed by atoms with van der Waals surface area (Å²) in [6.07, 6.45) is 1.87. The number of thioether (sulfide) groups is 1. The van der Waals surface area contributed by atoms with Crippen molar-refractivity contribution in [1.82, 2.24) is 9.97 Å². The smallest absolute Gasteiger partial charge is 0.337 e. The molecule has 1 aromatic carbocycles. The number of cyclic esters (lactones) is 1. The van der Waals surface area contributed by atoms with Gasteiger partial charge >= 0.3 is 5.97 Å². The first-order valence-electron chi connectivity index (χ1n) is 8.17. The van der Waals surface area contributed by atoms with Gasteiger partial charge in [0.05, 0.1) is 31.4 Å². The van der Waals surface area contributed by atoms with E-state index >= 15 is 0 Å². The molecule has 0 saturated carbocycles. The van der Waals surface area contributed by atoms with Crippen LogP contribution in [0.5, 0.6) is 11.5 Å². The number of hydrogen-bond acceptors (Lipinski definition) is 9. The van der Waals surface area contributed by atoms with Crippen LogP contribution in [-0.4, -0.2) is 43.0 Å². The molecule has 2 aliphatic rings. The summed E-state index contributed by atoms with van der Waals surface area (Å²) >= 11 is 1.39. The fourth-order valence-electron chi connectivity index (χ4n) is 3.41. The second-order valence-corrected chi connectivity index (χ2v) is 6.77. The van der Waals surface area contributed by atoms with Crippen molar-refractivity contribution < 1.29 is 19.0 Å². The van der Waals surface area contributed by atoms with Crippen LogP contribution in [0.15, 0.2) is 34.6 Å². The van der Waals surface area contributed by atoms with Crippen molar-refractivity contribution in [2.75, 3.05) is 38.1 Å². The summed E-state index contributed by atoms with van der Waals surface area (Å²) in [6.45, 7) is 0.162. The van der Waals surface area contributed by atoms with E-state index in [1.807, 2.05) is 12.3 Å². The Kier molecular flexibility index (Phi) is 4.31. The highest BCUT2D eigenvalue weighted by atomic mass is 32.2. The third-order valence-electron chi connectivity index (χ3n) is 4.62. The topological polar surface area (TPSA) is 109 Å². The average molecular weight is 386 g/mol. The van der Waals surface area contributed by atoms with Gasteiger partial charge in [-0.15, -0.1) is 0 Å². The molecule has 9 heteroatoms. The van der Waals surface area contributed by atoms with Gasteiger partial charge in [0.1, 0.15) is 29.7 Å². The predicted molar refractivity (Wildman–Crippen MR) is 101 cm³/mol. The van der Waals surface area contributed by atoms with Gasteiger partial charge in [-0.2, -0.15) is 0 Å². The Balaban J connectivity index is 2.00. The van der Waals surface area contributed by atoms with Gasteiger partial charge in [0.15, 0.2) is 5.16 Å². The van der Waals surface area contributed by atoms with E-state index in [1.54, 1.807) is 26.4 Å². The molecule has 0 unspecified atom stereocenters. The van der Waals surface area contributed by atoms with Crippen LogP contribution in [0.4, 0.5) is 11.6 Å². The monoisotopic (exact) mass is 386 g/mol. The van der Waals surface area contributed by atoms with Crippen molar-refractivity contribution in [3.63, 3.8) is 0 Å². The Morgan fingerprint density at radius 2 is 2.11 bits per heavy atom. The molecule has 0 spiro atoms. The van der Waals surface area contributed by atoms with E-state index in [2.05, 4.69) is 15.3 Å². The minimum absolute atomic E-state index is 0.162. The Labute approximate surface area is 160 Å². The van der Waals surface area contributed by atoms with E-state index < -0.39 is 11.9 Å². The van der Waals surface area contributed by atoms with Crippen LogP contribution in [0.3, 0.4) is 0 Å². The standard InChI is InChI=1S/C18H18N4O4S/c1-24-8-4-5-11(25-2)9(6-8)12-13-10(7-26-17(13)23)20-16-14(12)15(19)21-18(22-16)27-3/h4-6,12H,7H2,1-3H3,(H3,19,20,21,22)/t12-/m1/s1. The molecule has 1 aromatic heterocycles. The van der Waals surface area contributed by atoms with Gasteiger partial charge in [-0.3, -0.25) is 0 Å². The molecule has 140 valence electrons. The largest absolute Gasteiger partial charge is 0.497 e. The van der Waals surface area contributed by atoms with Crippen LogP contribution in [0.2, 0.25) is 0 Å². The maximum Gasteiger partial charge on any atom is 0.337 e. The van der Waals surface area contributed by atoms with Crippen LogP contribution in [0.1, 0.15) is 17.0 Å². The third kappa shape index (κ3) is 2.74. The number of nitrogens with one attached hydrogen (secondary N) is 1. The first-order valence-corrected chi connectivity index (χ1v) is 9.40. The molecular weight excluding hydrogens is 368 g/mol. The Bertz CT molecular complexity index is 976. The number of nitrogens with two attached hydrogens (primary N) is 1. The first kappa shape index (κ1) is 17.5. The fourth-order valence-corrected chi connectivity index (χ4v) is 3.78. The second-order valence-electron chi connectivity index (χ2n) is 5.99. The molecule has 0 fully saturated rings. The molecule has 0 bridgehead atoms. The van der Waals surface area contributed by atoms with Gasteiger partial charge in [-0.25, -0.2) is 14.8 Å². The number of hydrogen-bond donors (Lipinski definition) is 2. The zero-order chi connectivity index (χ0) is 19.1. The average Bonchev–Trinajstić information content (AvgIpc) is 3.06. The number of methoxy groups -OCH3 is 2. The van der Waals surface area contributed by atoms with E-state index in [0.717, 1.165) is 5.56 Å². The van der Waals surface area contributed by atoms with E-state index in [-0.39, 0.29) is 6.61 Å². The number of anilines is 2. The highest BCUT2D eigenvalue weighted by molar-refractivity contribution is 7.98. The molecule has 8 nitrogen and oxygen atoms in total. The zero-order valence-electron chi connectivity index (χ0n) is 15.0. The Hall–Kier alpha value is -2.94. The molecule has 0 aliphatic carbocycles. The van der Waals surface area contributed by atoms with Crippen molar-refractivity contribution in [1.29, 1.82) is 0 Å². The van der Waals surface area contributed by atoms with Crippen LogP contribution in [0, 0.1) is 0 Å². The van der Waals surface area contributed by atoms with E-state index in [1.165, 1.54) is 11.8 Å². The van der Waals surface area contributed by atoms with Gasteiger partial charge in [-0.1, -0.05) is 11.8 Å². The molecule has 2 aromatic rings. The summed E-state index contributed by atoms with van der Waals surface area (Å²) in [4.78, 5) is 21.4. The lowest BCUT2D eigenvalue weighted by molar-refractivity contribution is -0.136. The molecule has 27 heavy (non-hydrogen) atoms. The summed E-state index contributed by atoms with van der Waals surface area (Å²) in [5, 5.41) is 3.73. The number of carbonyl (C=O) groups is 1. The first-order chi connectivity index (χ1) is 13.1. The van der Waals surface area contributed by atoms with Gasteiger partial charge in [0.25, 0.3) is 0 Å². The third-order valence-corrected chi connectivity index (χ3v) is 5.17.